The number of nitrogens with one attached hydrogen (secondary N) is 2. The Balaban J connectivity index is 1.14. The van der Waals surface area contributed by atoms with Crippen molar-refractivity contribution in [1.29, 1.82) is 0 Å². The summed E-state index contributed by atoms with van der Waals surface area (Å²) in [4.78, 5) is 53.4. The van der Waals surface area contributed by atoms with Crippen LogP contribution < -0.4 is 10.6 Å². The van der Waals surface area contributed by atoms with Crippen molar-refractivity contribution in [2.45, 2.75) is 48.5 Å². The zero-order valence-electron chi connectivity index (χ0n) is 23.5. The minimum absolute atomic E-state index is 0.0634. The molecule has 216 valence electrons. The lowest BCUT2D eigenvalue weighted by atomic mass is 9.91. The van der Waals surface area contributed by atoms with Gasteiger partial charge in [-0.3, -0.25) is 14.4 Å². The van der Waals surface area contributed by atoms with Crippen LogP contribution in [0.5, 0.6) is 0 Å². The van der Waals surface area contributed by atoms with E-state index in [1.54, 1.807) is 38.1 Å². The second kappa shape index (κ2) is 9.98. The van der Waals surface area contributed by atoms with Crippen molar-refractivity contribution in [2.75, 3.05) is 0 Å². The first-order valence-electron chi connectivity index (χ1n) is 14.2. The summed E-state index contributed by atoms with van der Waals surface area (Å²) in [6, 6.07) is 24.5. The number of amides is 3. The molecule has 5 aromatic rings. The van der Waals surface area contributed by atoms with Gasteiger partial charge in [-0.05, 0) is 57.3 Å². The summed E-state index contributed by atoms with van der Waals surface area (Å²) in [6.07, 6.45) is 0.0634. The Morgan fingerprint density at radius 1 is 0.884 bits per heavy atom. The zero-order valence-corrected chi connectivity index (χ0v) is 24.4. The Bertz CT molecular complexity index is 1930. The molecule has 5 aromatic carbocycles. The summed E-state index contributed by atoms with van der Waals surface area (Å²) in [5.41, 5.74) is 1.43. The highest BCUT2D eigenvalue weighted by Crippen LogP contribution is 2.50. The van der Waals surface area contributed by atoms with Crippen molar-refractivity contribution in [1.82, 2.24) is 15.5 Å². The number of β-lactam (4-membered cyclic amide) rings is 1. The lowest BCUT2D eigenvalue weighted by Gasteiger charge is -2.44. The monoisotopic (exact) mass is 591 g/mol. The van der Waals surface area contributed by atoms with Gasteiger partial charge in [0.15, 0.2) is 0 Å². The summed E-state index contributed by atoms with van der Waals surface area (Å²) >= 11 is 1.36. The standard InChI is InChI=1S/C34H29N3O5S/c1-34(2)29(33(41)42)37-31(40)28(32(37)43-34)36-30(39)27(21-7-4-3-5-8-21)35-24(38)17-22-14-13-20-12-11-18-9-6-10-19-15-16-23(22)26(20)25(18)19/h3-16,27-29,32H,17H2,1-2H3,(H,35,38)(H,36,39)(H,41,42)/t27?,28-,29+,32-/m1/s1. The number of hydrogen-bond donors (Lipinski definition) is 3. The fraction of sp³-hybridized carbons (Fsp3) is 0.235. The van der Waals surface area contributed by atoms with E-state index in [0.717, 1.165) is 32.5 Å². The van der Waals surface area contributed by atoms with Crippen LogP contribution in [-0.2, 0) is 25.6 Å². The number of carbonyl (C=O) groups is 4. The van der Waals surface area contributed by atoms with Gasteiger partial charge in [0.25, 0.3) is 0 Å². The molecule has 0 spiro atoms. The first-order chi connectivity index (χ1) is 20.6. The van der Waals surface area contributed by atoms with Crippen LogP contribution in [0.2, 0.25) is 0 Å². The molecule has 4 atom stereocenters. The van der Waals surface area contributed by atoms with Gasteiger partial charge < -0.3 is 20.6 Å². The number of benzene rings is 5. The van der Waals surface area contributed by atoms with Gasteiger partial charge in [0.2, 0.25) is 17.7 Å². The summed E-state index contributed by atoms with van der Waals surface area (Å²) in [5.74, 6) is -2.36. The summed E-state index contributed by atoms with van der Waals surface area (Å²) in [6.45, 7) is 3.57. The first kappa shape index (κ1) is 27.2. The van der Waals surface area contributed by atoms with Crippen molar-refractivity contribution in [3.63, 3.8) is 0 Å². The Hall–Kier alpha value is -4.63. The van der Waals surface area contributed by atoms with Crippen LogP contribution in [0.1, 0.15) is 31.0 Å². The molecule has 2 fully saturated rings. The molecule has 43 heavy (non-hydrogen) atoms. The van der Waals surface area contributed by atoms with Gasteiger partial charge in [-0.1, -0.05) is 84.9 Å². The van der Waals surface area contributed by atoms with Crippen molar-refractivity contribution in [3.05, 3.63) is 96.1 Å². The molecule has 0 aliphatic carbocycles. The predicted octanol–water partition coefficient (Wildman–Crippen LogP) is 4.62. The predicted molar refractivity (Wildman–Crippen MR) is 167 cm³/mol. The molecular weight excluding hydrogens is 562 g/mol. The minimum atomic E-state index is -1.07. The Kier molecular flexibility index (Phi) is 6.32. The molecule has 1 unspecified atom stereocenters. The molecule has 0 saturated carbocycles. The second-order valence-corrected chi connectivity index (χ2v) is 13.5. The minimum Gasteiger partial charge on any atom is -0.480 e. The fourth-order valence-electron chi connectivity index (χ4n) is 6.66. The average Bonchev–Trinajstić information content (AvgIpc) is 3.26. The van der Waals surface area contributed by atoms with E-state index < -0.39 is 46.0 Å². The summed E-state index contributed by atoms with van der Waals surface area (Å²) in [5, 5.41) is 21.6. The van der Waals surface area contributed by atoms with Gasteiger partial charge in [-0.2, -0.15) is 0 Å². The third-order valence-corrected chi connectivity index (χ3v) is 10.2. The van der Waals surface area contributed by atoms with Gasteiger partial charge in [0, 0.05) is 4.75 Å². The van der Waals surface area contributed by atoms with Crippen LogP contribution in [0, 0.1) is 0 Å². The lowest BCUT2D eigenvalue weighted by molar-refractivity contribution is -0.161. The van der Waals surface area contributed by atoms with Gasteiger partial charge in [0.05, 0.1) is 6.42 Å². The topological polar surface area (TPSA) is 116 Å². The molecule has 7 rings (SSSR count). The number of rotatable bonds is 7. The molecule has 2 heterocycles. The smallest absolute Gasteiger partial charge is 0.327 e. The van der Waals surface area contributed by atoms with Crippen LogP contribution in [-0.4, -0.2) is 55.9 Å². The highest BCUT2D eigenvalue weighted by Gasteiger charge is 2.64. The summed E-state index contributed by atoms with van der Waals surface area (Å²) in [7, 11) is 0. The maximum atomic E-state index is 13.7. The van der Waals surface area contributed by atoms with Crippen LogP contribution >= 0.6 is 11.8 Å². The van der Waals surface area contributed by atoms with Crippen LogP contribution in [0.25, 0.3) is 32.3 Å². The third kappa shape index (κ3) is 4.38. The van der Waals surface area contributed by atoms with E-state index in [1.807, 2.05) is 30.3 Å². The molecule has 9 heteroatoms. The van der Waals surface area contributed by atoms with Crippen molar-refractivity contribution >= 4 is 67.8 Å². The van der Waals surface area contributed by atoms with Crippen molar-refractivity contribution < 1.29 is 24.3 Å². The molecule has 0 bridgehead atoms. The highest BCUT2D eigenvalue weighted by molar-refractivity contribution is 8.01. The van der Waals surface area contributed by atoms with Gasteiger partial charge >= 0.3 is 5.97 Å². The Morgan fingerprint density at radius 3 is 2.23 bits per heavy atom. The number of fused-ring (bicyclic) bond motifs is 1. The number of carboxylic acids is 1. The number of nitrogens with zero attached hydrogens (tertiary/aromatic N) is 1. The molecule has 3 N–H and O–H groups in total. The molecule has 0 aromatic heterocycles. The number of carboxylic acid groups (broad SMARTS) is 1. The maximum absolute atomic E-state index is 13.7. The molecule has 3 amide bonds. The number of aliphatic carboxylic acids is 1. The number of hydrogen-bond acceptors (Lipinski definition) is 5. The molecule has 0 radical (unpaired) electrons. The van der Waals surface area contributed by atoms with Gasteiger partial charge in [0.1, 0.15) is 23.5 Å². The first-order valence-corrected chi connectivity index (χ1v) is 15.0. The number of thioether (sulfide) groups is 1. The van der Waals surface area contributed by atoms with E-state index in [-0.39, 0.29) is 12.3 Å². The quantitative estimate of drug-likeness (QED) is 0.188. The van der Waals surface area contributed by atoms with E-state index in [9.17, 15) is 24.3 Å². The van der Waals surface area contributed by atoms with Gasteiger partial charge in [-0.15, -0.1) is 11.8 Å². The molecule has 2 saturated heterocycles. The normalized spacial score (nSPS) is 21.5. The van der Waals surface area contributed by atoms with Crippen LogP contribution in [0.3, 0.4) is 0 Å². The van der Waals surface area contributed by atoms with E-state index in [1.165, 1.54) is 22.0 Å². The average molecular weight is 592 g/mol. The maximum Gasteiger partial charge on any atom is 0.327 e. The number of carbonyl (C=O) groups excluding carboxylic acids is 3. The molecule has 2 aliphatic heterocycles. The fourth-order valence-corrected chi connectivity index (χ4v) is 8.29. The zero-order chi connectivity index (χ0) is 30.0. The Morgan fingerprint density at radius 2 is 1.53 bits per heavy atom. The van der Waals surface area contributed by atoms with E-state index in [0.29, 0.717) is 5.56 Å². The third-order valence-electron chi connectivity index (χ3n) is 8.64. The molecular formula is C34H29N3O5S. The molecule has 8 nitrogen and oxygen atoms in total. The Labute approximate surface area is 251 Å². The van der Waals surface area contributed by atoms with Crippen molar-refractivity contribution in [2.24, 2.45) is 0 Å². The highest BCUT2D eigenvalue weighted by atomic mass is 32.2. The lowest BCUT2D eigenvalue weighted by Crippen LogP contribution is -2.71. The van der Waals surface area contributed by atoms with E-state index >= 15 is 0 Å². The largest absolute Gasteiger partial charge is 0.480 e. The van der Waals surface area contributed by atoms with Crippen LogP contribution in [0.15, 0.2) is 84.9 Å². The van der Waals surface area contributed by atoms with Gasteiger partial charge in [-0.25, -0.2) is 4.79 Å². The molecule has 2 aliphatic rings. The van der Waals surface area contributed by atoms with E-state index in [4.69, 9.17) is 0 Å². The second-order valence-electron chi connectivity index (χ2n) is 11.8. The van der Waals surface area contributed by atoms with E-state index in [2.05, 4.69) is 41.0 Å². The van der Waals surface area contributed by atoms with Crippen molar-refractivity contribution in [3.8, 4) is 0 Å². The van der Waals surface area contributed by atoms with Crippen LogP contribution in [0.4, 0.5) is 0 Å². The summed E-state index contributed by atoms with van der Waals surface area (Å²) < 4.78 is -0.709. The SMILES string of the molecule is CC1(C)S[C@@H]2[C@H](NC(=O)C(NC(=O)Cc3ccc4ccc5cccc6ccc3c4c56)c3ccccc3)C(=O)N2[C@H]1C(=O)O.